The molecule has 24 heavy (non-hydrogen) atoms. The van der Waals surface area contributed by atoms with Crippen molar-refractivity contribution in [2.75, 3.05) is 38.6 Å². The Balaban J connectivity index is 1.60. The lowest BCUT2D eigenvalue weighted by atomic mass is 10.0. The van der Waals surface area contributed by atoms with Crippen molar-refractivity contribution in [2.24, 2.45) is 0 Å². The van der Waals surface area contributed by atoms with Gasteiger partial charge in [-0.1, -0.05) is 30.3 Å². The van der Waals surface area contributed by atoms with Crippen LogP contribution < -0.4 is 0 Å². The minimum absolute atomic E-state index is 0.0447. The third-order valence-electron chi connectivity index (χ3n) is 4.69. The summed E-state index contributed by atoms with van der Waals surface area (Å²) in [6.07, 6.45) is 1.94. The van der Waals surface area contributed by atoms with Crippen LogP contribution in [0.5, 0.6) is 0 Å². The Morgan fingerprint density at radius 1 is 1.12 bits per heavy atom. The fourth-order valence-corrected chi connectivity index (χ4v) is 4.80. The van der Waals surface area contributed by atoms with Crippen LogP contribution >= 0.6 is 0 Å². The lowest BCUT2D eigenvalue weighted by Gasteiger charge is -2.27. The first kappa shape index (κ1) is 17.4. The van der Waals surface area contributed by atoms with E-state index in [1.165, 1.54) is 4.31 Å². The largest absolute Gasteiger partial charge is 0.379 e. The van der Waals surface area contributed by atoms with Crippen molar-refractivity contribution in [1.82, 2.24) is 9.21 Å². The molecule has 0 bridgehead atoms. The zero-order chi connectivity index (χ0) is 17.0. The Kier molecular flexibility index (Phi) is 5.53. The van der Waals surface area contributed by atoms with Crippen molar-refractivity contribution < 1.29 is 17.9 Å². The van der Waals surface area contributed by atoms with E-state index in [1.807, 2.05) is 35.2 Å². The number of amides is 1. The fourth-order valence-electron chi connectivity index (χ4n) is 3.40. The monoisotopic (exact) mass is 352 g/mol. The van der Waals surface area contributed by atoms with Gasteiger partial charge in [-0.2, -0.15) is 4.31 Å². The van der Waals surface area contributed by atoms with Crippen molar-refractivity contribution in [1.29, 1.82) is 0 Å². The second-order valence-electron chi connectivity index (χ2n) is 6.23. The Labute approximate surface area is 143 Å². The predicted molar refractivity (Wildman–Crippen MR) is 90.9 cm³/mol. The molecule has 2 saturated heterocycles. The molecule has 0 aliphatic carbocycles. The Bertz CT molecular complexity index is 656. The fraction of sp³-hybridized carbons (Fsp3) is 0.588. The van der Waals surface area contributed by atoms with Gasteiger partial charge in [-0.05, 0) is 18.4 Å². The molecule has 132 valence electrons. The van der Waals surface area contributed by atoms with Crippen LogP contribution in [0.25, 0.3) is 0 Å². The average Bonchev–Trinajstić information content (AvgIpc) is 3.11. The van der Waals surface area contributed by atoms with Crippen LogP contribution in [0.4, 0.5) is 0 Å². The molecule has 6 nitrogen and oxygen atoms in total. The summed E-state index contributed by atoms with van der Waals surface area (Å²) in [7, 11) is -3.38. The number of morpholine rings is 1. The number of hydrogen-bond donors (Lipinski definition) is 0. The number of likely N-dealkylation sites (tertiary alicyclic amines) is 1. The van der Waals surface area contributed by atoms with Crippen LogP contribution in [0, 0.1) is 0 Å². The first-order chi connectivity index (χ1) is 11.6. The molecule has 1 unspecified atom stereocenters. The number of carbonyl (C=O) groups excluding carboxylic acids is 1. The molecule has 0 saturated carbocycles. The standard InChI is InChI=1S/C17H24N2O4S/c20-17(8-14-24(21,22)18-10-12-23-13-11-18)19-9-4-7-16(19)15-5-2-1-3-6-15/h1-3,5-6,16H,4,7-14H2. The molecular formula is C17H24N2O4S. The van der Waals surface area contributed by atoms with Gasteiger partial charge in [0.25, 0.3) is 0 Å². The van der Waals surface area contributed by atoms with Gasteiger partial charge in [-0.3, -0.25) is 4.79 Å². The summed E-state index contributed by atoms with van der Waals surface area (Å²) in [5.41, 5.74) is 1.12. The highest BCUT2D eigenvalue weighted by atomic mass is 32.2. The van der Waals surface area contributed by atoms with Gasteiger partial charge in [0.15, 0.2) is 0 Å². The van der Waals surface area contributed by atoms with E-state index in [-0.39, 0.29) is 24.1 Å². The zero-order valence-electron chi connectivity index (χ0n) is 13.8. The van der Waals surface area contributed by atoms with Crippen molar-refractivity contribution >= 4 is 15.9 Å². The Hall–Kier alpha value is -1.44. The van der Waals surface area contributed by atoms with Gasteiger partial charge in [0, 0.05) is 26.1 Å². The molecule has 3 rings (SSSR count). The van der Waals surface area contributed by atoms with Gasteiger partial charge in [-0.15, -0.1) is 0 Å². The van der Waals surface area contributed by atoms with Crippen molar-refractivity contribution in [3.8, 4) is 0 Å². The van der Waals surface area contributed by atoms with Crippen molar-refractivity contribution in [2.45, 2.75) is 25.3 Å². The maximum atomic E-state index is 12.6. The number of nitrogens with zero attached hydrogens (tertiary/aromatic N) is 2. The second-order valence-corrected chi connectivity index (χ2v) is 8.32. The highest BCUT2D eigenvalue weighted by Crippen LogP contribution is 2.32. The van der Waals surface area contributed by atoms with E-state index in [2.05, 4.69) is 0 Å². The lowest BCUT2D eigenvalue weighted by Crippen LogP contribution is -2.42. The van der Waals surface area contributed by atoms with Gasteiger partial charge in [0.05, 0.1) is 25.0 Å². The van der Waals surface area contributed by atoms with E-state index in [1.54, 1.807) is 0 Å². The number of hydrogen-bond acceptors (Lipinski definition) is 4. The van der Waals surface area contributed by atoms with Crippen LogP contribution in [0.3, 0.4) is 0 Å². The van der Waals surface area contributed by atoms with Crippen LogP contribution in [0.1, 0.15) is 30.9 Å². The molecule has 7 heteroatoms. The summed E-state index contributed by atoms with van der Waals surface area (Å²) in [6.45, 7) is 2.32. The van der Waals surface area contributed by atoms with Gasteiger partial charge >= 0.3 is 0 Å². The second kappa shape index (κ2) is 7.63. The number of carbonyl (C=O) groups is 1. The summed E-state index contributed by atoms with van der Waals surface area (Å²) < 4.78 is 31.3. The highest BCUT2D eigenvalue weighted by Gasteiger charge is 2.31. The number of benzene rings is 1. The topological polar surface area (TPSA) is 66.9 Å². The minimum atomic E-state index is -3.38. The zero-order valence-corrected chi connectivity index (χ0v) is 14.6. The normalized spacial score (nSPS) is 22.7. The molecule has 1 atom stereocenters. The molecule has 0 aromatic heterocycles. The first-order valence-corrected chi connectivity index (χ1v) is 10.1. The van der Waals surface area contributed by atoms with E-state index >= 15 is 0 Å². The molecule has 1 aromatic carbocycles. The maximum absolute atomic E-state index is 12.6. The Morgan fingerprint density at radius 3 is 2.54 bits per heavy atom. The van der Waals surface area contributed by atoms with Gasteiger partial charge < -0.3 is 9.64 Å². The summed E-state index contributed by atoms with van der Waals surface area (Å²) in [6, 6.07) is 10.0. The third-order valence-corrected chi connectivity index (χ3v) is 6.57. The summed E-state index contributed by atoms with van der Waals surface area (Å²) in [5.74, 6) is -0.192. The van der Waals surface area contributed by atoms with Crippen molar-refractivity contribution in [3.63, 3.8) is 0 Å². The van der Waals surface area contributed by atoms with Crippen LogP contribution in [0.2, 0.25) is 0 Å². The molecule has 1 amide bonds. The molecule has 0 spiro atoms. The minimum Gasteiger partial charge on any atom is -0.379 e. The lowest BCUT2D eigenvalue weighted by molar-refractivity contribution is -0.131. The predicted octanol–water partition coefficient (Wildman–Crippen LogP) is 1.40. The summed E-state index contributed by atoms with van der Waals surface area (Å²) >= 11 is 0. The first-order valence-electron chi connectivity index (χ1n) is 8.48. The molecule has 2 aliphatic rings. The van der Waals surface area contributed by atoms with E-state index in [0.29, 0.717) is 32.8 Å². The number of ether oxygens (including phenoxy) is 1. The van der Waals surface area contributed by atoms with E-state index < -0.39 is 10.0 Å². The molecule has 0 N–H and O–H groups in total. The number of sulfonamides is 1. The average molecular weight is 352 g/mol. The summed E-state index contributed by atoms with van der Waals surface area (Å²) in [4.78, 5) is 14.4. The molecule has 2 fully saturated rings. The number of rotatable bonds is 5. The van der Waals surface area contributed by atoms with Crippen LogP contribution in [0.15, 0.2) is 30.3 Å². The van der Waals surface area contributed by atoms with Crippen LogP contribution in [-0.4, -0.2) is 62.1 Å². The van der Waals surface area contributed by atoms with Gasteiger partial charge in [0.2, 0.25) is 15.9 Å². The van der Waals surface area contributed by atoms with E-state index in [0.717, 1.165) is 18.4 Å². The molecule has 1 aromatic rings. The quantitative estimate of drug-likeness (QED) is 0.803. The highest BCUT2D eigenvalue weighted by molar-refractivity contribution is 7.89. The van der Waals surface area contributed by atoms with Gasteiger partial charge in [0.1, 0.15) is 0 Å². The maximum Gasteiger partial charge on any atom is 0.224 e. The molecule has 2 aliphatic heterocycles. The molecule has 2 heterocycles. The summed E-state index contributed by atoms with van der Waals surface area (Å²) in [5, 5.41) is 0. The molecule has 0 radical (unpaired) electrons. The van der Waals surface area contributed by atoms with Crippen LogP contribution in [-0.2, 0) is 19.6 Å². The van der Waals surface area contributed by atoms with Crippen molar-refractivity contribution in [3.05, 3.63) is 35.9 Å². The third kappa shape index (κ3) is 3.96. The Morgan fingerprint density at radius 2 is 1.83 bits per heavy atom. The van der Waals surface area contributed by atoms with E-state index in [4.69, 9.17) is 4.74 Å². The SMILES string of the molecule is O=C(CCS(=O)(=O)N1CCOCC1)N1CCCC1c1ccccc1. The smallest absolute Gasteiger partial charge is 0.224 e. The van der Waals surface area contributed by atoms with Gasteiger partial charge in [-0.25, -0.2) is 8.42 Å². The molecular weight excluding hydrogens is 328 g/mol. The van der Waals surface area contributed by atoms with E-state index in [9.17, 15) is 13.2 Å².